The Kier molecular flexibility index (Phi) is 7.21. The van der Waals surface area contributed by atoms with Crippen molar-refractivity contribution >= 4 is 12.1 Å². The molecule has 28 heavy (non-hydrogen) atoms. The van der Waals surface area contributed by atoms with Gasteiger partial charge in [0.05, 0.1) is 18.8 Å². The minimum atomic E-state index is -1.26. The second-order valence-corrected chi connectivity index (χ2v) is 7.76. The van der Waals surface area contributed by atoms with E-state index in [1.807, 2.05) is 30.3 Å². The van der Waals surface area contributed by atoms with Crippen molar-refractivity contribution in [2.45, 2.75) is 64.5 Å². The molecule has 0 saturated heterocycles. The molecule has 0 aromatic heterocycles. The van der Waals surface area contributed by atoms with Crippen LogP contribution in [0.1, 0.15) is 39.7 Å². The smallest absolute Gasteiger partial charge is 0.411 e. The topological polar surface area (TPSA) is 96.3 Å². The molecule has 0 bridgehead atoms. The molecule has 0 saturated carbocycles. The average molecular weight is 391 g/mol. The summed E-state index contributed by atoms with van der Waals surface area (Å²) in [5.41, 5.74) is 0.316. The molecular formula is C21H29NO6. The number of carbonyl (C=O) groups is 2. The largest absolute Gasteiger partial charge is 0.463 e. The van der Waals surface area contributed by atoms with Gasteiger partial charge in [-0.05, 0) is 39.3 Å². The van der Waals surface area contributed by atoms with Crippen LogP contribution in [0.15, 0.2) is 42.0 Å². The molecule has 1 aliphatic rings. The van der Waals surface area contributed by atoms with Crippen LogP contribution in [0.5, 0.6) is 0 Å². The third kappa shape index (κ3) is 5.81. The van der Waals surface area contributed by atoms with Crippen LogP contribution in [-0.4, -0.2) is 57.6 Å². The number of esters is 1. The summed E-state index contributed by atoms with van der Waals surface area (Å²) in [4.78, 5) is 26.4. The summed E-state index contributed by atoms with van der Waals surface area (Å²) in [6.07, 6.45) is -1.65. The number of aliphatic hydroxyl groups excluding tert-OH is 2. The van der Waals surface area contributed by atoms with Crippen LogP contribution in [-0.2, 0) is 20.8 Å². The lowest BCUT2D eigenvalue weighted by Crippen LogP contribution is -2.53. The van der Waals surface area contributed by atoms with Crippen LogP contribution < -0.4 is 0 Å². The Morgan fingerprint density at radius 2 is 1.82 bits per heavy atom. The maximum atomic E-state index is 12.9. The number of ether oxygens (including phenoxy) is 2. The first kappa shape index (κ1) is 21.9. The monoisotopic (exact) mass is 391 g/mol. The van der Waals surface area contributed by atoms with Gasteiger partial charge in [-0.3, -0.25) is 4.90 Å². The molecule has 7 nitrogen and oxygen atoms in total. The molecule has 0 radical (unpaired) electrons. The first-order valence-electron chi connectivity index (χ1n) is 9.40. The fourth-order valence-electron chi connectivity index (χ4n) is 2.99. The van der Waals surface area contributed by atoms with Crippen molar-refractivity contribution in [3.63, 3.8) is 0 Å². The van der Waals surface area contributed by atoms with Gasteiger partial charge in [0.2, 0.25) is 0 Å². The molecule has 0 unspecified atom stereocenters. The zero-order valence-corrected chi connectivity index (χ0v) is 16.8. The van der Waals surface area contributed by atoms with Crippen molar-refractivity contribution in [3.05, 3.63) is 47.5 Å². The minimum Gasteiger partial charge on any atom is -0.463 e. The van der Waals surface area contributed by atoms with E-state index in [9.17, 15) is 19.8 Å². The second kappa shape index (κ2) is 9.21. The molecule has 2 rings (SSSR count). The Labute approximate surface area is 165 Å². The summed E-state index contributed by atoms with van der Waals surface area (Å²) in [6.45, 7) is 7.27. The molecule has 154 valence electrons. The summed E-state index contributed by atoms with van der Waals surface area (Å²) in [7, 11) is 0. The van der Waals surface area contributed by atoms with Gasteiger partial charge >= 0.3 is 12.1 Å². The third-order valence-electron chi connectivity index (χ3n) is 4.27. The number of aliphatic hydroxyl groups is 2. The van der Waals surface area contributed by atoms with E-state index in [-0.39, 0.29) is 25.1 Å². The molecule has 0 spiro atoms. The average Bonchev–Trinajstić information content (AvgIpc) is 2.61. The molecule has 0 heterocycles. The zero-order chi connectivity index (χ0) is 20.9. The Hall–Kier alpha value is -2.38. The number of nitrogens with zero attached hydrogens (tertiary/aromatic N) is 1. The van der Waals surface area contributed by atoms with E-state index in [1.165, 1.54) is 11.0 Å². The van der Waals surface area contributed by atoms with Gasteiger partial charge in [0.25, 0.3) is 0 Å². The molecular weight excluding hydrogens is 362 g/mol. The van der Waals surface area contributed by atoms with E-state index < -0.39 is 35.9 Å². The molecule has 1 aromatic carbocycles. The third-order valence-corrected chi connectivity index (χ3v) is 4.27. The number of hydrogen-bond donors (Lipinski definition) is 2. The Morgan fingerprint density at radius 3 is 2.39 bits per heavy atom. The highest BCUT2D eigenvalue weighted by Crippen LogP contribution is 2.27. The Balaban J connectivity index is 2.39. The summed E-state index contributed by atoms with van der Waals surface area (Å²) in [5.74, 6) is -0.567. The number of amides is 1. The van der Waals surface area contributed by atoms with Gasteiger partial charge in [-0.25, -0.2) is 9.59 Å². The molecule has 0 aliphatic heterocycles. The van der Waals surface area contributed by atoms with E-state index in [4.69, 9.17) is 9.47 Å². The van der Waals surface area contributed by atoms with E-state index >= 15 is 0 Å². The summed E-state index contributed by atoms with van der Waals surface area (Å²) in [5, 5.41) is 20.9. The molecule has 3 atom stereocenters. The van der Waals surface area contributed by atoms with E-state index in [1.54, 1.807) is 27.7 Å². The first-order chi connectivity index (χ1) is 13.1. The fraction of sp³-hybridized carbons (Fsp3) is 0.524. The maximum Gasteiger partial charge on any atom is 0.411 e. The van der Waals surface area contributed by atoms with Gasteiger partial charge in [0.1, 0.15) is 11.7 Å². The first-order valence-corrected chi connectivity index (χ1v) is 9.40. The van der Waals surface area contributed by atoms with Gasteiger partial charge in [-0.2, -0.15) is 0 Å². The van der Waals surface area contributed by atoms with E-state index in [2.05, 4.69) is 0 Å². The lowest BCUT2D eigenvalue weighted by Gasteiger charge is -2.38. The van der Waals surface area contributed by atoms with Gasteiger partial charge in [0.15, 0.2) is 0 Å². The fourth-order valence-corrected chi connectivity index (χ4v) is 2.99. The van der Waals surface area contributed by atoms with Gasteiger partial charge in [0, 0.05) is 18.5 Å². The molecule has 1 amide bonds. The van der Waals surface area contributed by atoms with Crippen LogP contribution in [0.25, 0.3) is 0 Å². The Bertz CT molecular complexity index is 709. The van der Waals surface area contributed by atoms with Gasteiger partial charge in [-0.1, -0.05) is 30.3 Å². The molecule has 2 N–H and O–H groups in total. The second-order valence-electron chi connectivity index (χ2n) is 7.76. The number of hydrogen-bond acceptors (Lipinski definition) is 6. The molecule has 1 aliphatic carbocycles. The van der Waals surface area contributed by atoms with Crippen LogP contribution >= 0.6 is 0 Å². The quantitative estimate of drug-likeness (QED) is 0.749. The highest BCUT2D eigenvalue weighted by atomic mass is 16.6. The maximum absolute atomic E-state index is 12.9. The predicted molar refractivity (Wildman–Crippen MR) is 103 cm³/mol. The normalized spacial score (nSPS) is 22.2. The van der Waals surface area contributed by atoms with Crippen molar-refractivity contribution in [1.29, 1.82) is 0 Å². The van der Waals surface area contributed by atoms with Crippen molar-refractivity contribution < 1.29 is 29.3 Å². The van der Waals surface area contributed by atoms with Crippen LogP contribution in [0.4, 0.5) is 4.79 Å². The Morgan fingerprint density at radius 1 is 1.18 bits per heavy atom. The lowest BCUT2D eigenvalue weighted by atomic mass is 9.89. The summed E-state index contributed by atoms with van der Waals surface area (Å²) in [6, 6.07) is 8.30. The summed E-state index contributed by atoms with van der Waals surface area (Å²) < 4.78 is 10.5. The van der Waals surface area contributed by atoms with Crippen LogP contribution in [0.3, 0.4) is 0 Å². The molecule has 7 heteroatoms. The number of benzene rings is 1. The van der Waals surface area contributed by atoms with Crippen molar-refractivity contribution in [3.8, 4) is 0 Å². The summed E-state index contributed by atoms with van der Waals surface area (Å²) >= 11 is 0. The van der Waals surface area contributed by atoms with Crippen LogP contribution in [0.2, 0.25) is 0 Å². The van der Waals surface area contributed by atoms with Gasteiger partial charge in [-0.15, -0.1) is 0 Å². The highest BCUT2D eigenvalue weighted by Gasteiger charge is 2.39. The standard InChI is InChI=1S/C21H29NO6/c1-5-27-19(25)15-11-16(18(24)17(23)12-15)22(20(26)28-21(2,3)4)13-14-9-7-6-8-10-14/h6-11,16-18,23-24H,5,12-13H2,1-4H3/t16-,17-,18+/m0/s1. The highest BCUT2D eigenvalue weighted by molar-refractivity contribution is 5.89. The predicted octanol–water partition coefficient (Wildman–Crippen LogP) is 2.41. The van der Waals surface area contributed by atoms with Crippen molar-refractivity contribution in [2.75, 3.05) is 6.61 Å². The zero-order valence-electron chi connectivity index (χ0n) is 16.8. The SMILES string of the molecule is CCOC(=O)C1=C[C@H](N(Cc2ccccc2)C(=O)OC(C)(C)C)[C@@H](O)[C@@H](O)C1. The van der Waals surface area contributed by atoms with Crippen LogP contribution in [0, 0.1) is 0 Å². The lowest BCUT2D eigenvalue weighted by molar-refractivity contribution is -0.139. The van der Waals surface area contributed by atoms with E-state index in [0.29, 0.717) is 0 Å². The van der Waals surface area contributed by atoms with Gasteiger partial charge < -0.3 is 19.7 Å². The van der Waals surface area contributed by atoms with Crippen molar-refractivity contribution in [2.24, 2.45) is 0 Å². The molecule has 1 aromatic rings. The van der Waals surface area contributed by atoms with Crippen molar-refractivity contribution in [1.82, 2.24) is 4.90 Å². The number of rotatable bonds is 5. The number of carbonyl (C=O) groups excluding carboxylic acids is 2. The molecule has 0 fully saturated rings. The minimum absolute atomic E-state index is 0.0377. The van der Waals surface area contributed by atoms with E-state index in [0.717, 1.165) is 5.56 Å².